The largest absolute Gasteiger partial charge is 0.336 e. The molecule has 1 saturated carbocycles. The normalized spacial score (nSPS) is 16.1. The van der Waals surface area contributed by atoms with Crippen molar-refractivity contribution in [3.8, 4) is 0 Å². The van der Waals surface area contributed by atoms with E-state index in [0.717, 1.165) is 13.0 Å². The first kappa shape index (κ1) is 8.31. The second-order valence-electron chi connectivity index (χ2n) is 2.97. The van der Waals surface area contributed by atoms with Gasteiger partial charge in [0.25, 0.3) is 0 Å². The molecular formula is C9H15NO. The lowest BCUT2D eigenvalue weighted by Crippen LogP contribution is -2.32. The lowest BCUT2D eigenvalue weighted by Gasteiger charge is -2.19. The molecule has 1 fully saturated rings. The van der Waals surface area contributed by atoms with Gasteiger partial charge < -0.3 is 4.90 Å². The Morgan fingerprint density at radius 2 is 2.36 bits per heavy atom. The third-order valence-corrected chi connectivity index (χ3v) is 1.91. The van der Waals surface area contributed by atoms with E-state index < -0.39 is 0 Å². The van der Waals surface area contributed by atoms with Crippen molar-refractivity contribution in [2.45, 2.75) is 32.2 Å². The summed E-state index contributed by atoms with van der Waals surface area (Å²) in [5, 5.41) is 0. The van der Waals surface area contributed by atoms with Gasteiger partial charge in [0.1, 0.15) is 0 Å². The van der Waals surface area contributed by atoms with Crippen molar-refractivity contribution < 1.29 is 4.79 Å². The first-order chi connectivity index (χ1) is 5.29. The van der Waals surface area contributed by atoms with Crippen molar-refractivity contribution in [2.75, 3.05) is 6.54 Å². The fraction of sp³-hybridized carbons (Fsp3) is 0.667. The molecule has 2 nitrogen and oxygen atoms in total. The number of carbonyl (C=O) groups excluding carboxylic acids is 1. The molecule has 1 aliphatic rings. The number of amides is 1. The van der Waals surface area contributed by atoms with E-state index in [1.54, 1.807) is 0 Å². The van der Waals surface area contributed by atoms with E-state index in [1.807, 2.05) is 4.90 Å². The fourth-order valence-corrected chi connectivity index (χ4v) is 1.22. The molecule has 0 aromatic heterocycles. The van der Waals surface area contributed by atoms with Crippen LogP contribution >= 0.6 is 0 Å². The SMILES string of the molecule is C=CC(=O)N(CCC)C1CC1. The van der Waals surface area contributed by atoms with Gasteiger partial charge in [-0.3, -0.25) is 4.79 Å². The van der Waals surface area contributed by atoms with Crippen LogP contribution in [0.4, 0.5) is 0 Å². The average molecular weight is 153 g/mol. The Morgan fingerprint density at radius 3 is 2.73 bits per heavy atom. The molecule has 2 heteroatoms. The fourth-order valence-electron chi connectivity index (χ4n) is 1.22. The van der Waals surface area contributed by atoms with Crippen molar-refractivity contribution in [1.29, 1.82) is 0 Å². The lowest BCUT2D eigenvalue weighted by molar-refractivity contribution is -0.126. The molecule has 0 saturated heterocycles. The Balaban J connectivity index is 2.43. The van der Waals surface area contributed by atoms with Gasteiger partial charge in [0, 0.05) is 12.6 Å². The molecule has 0 radical (unpaired) electrons. The first-order valence-electron chi connectivity index (χ1n) is 4.22. The quantitative estimate of drug-likeness (QED) is 0.561. The second kappa shape index (κ2) is 3.56. The standard InChI is InChI=1S/C9H15NO/c1-3-7-10(8-5-6-8)9(11)4-2/h4,8H,2-3,5-7H2,1H3. The summed E-state index contributed by atoms with van der Waals surface area (Å²) >= 11 is 0. The van der Waals surface area contributed by atoms with E-state index in [1.165, 1.54) is 18.9 Å². The van der Waals surface area contributed by atoms with Crippen LogP contribution in [0.3, 0.4) is 0 Å². The van der Waals surface area contributed by atoms with E-state index in [-0.39, 0.29) is 5.91 Å². The van der Waals surface area contributed by atoms with Crippen molar-refractivity contribution in [3.05, 3.63) is 12.7 Å². The van der Waals surface area contributed by atoms with Gasteiger partial charge in [-0.25, -0.2) is 0 Å². The summed E-state index contributed by atoms with van der Waals surface area (Å²) in [5.41, 5.74) is 0. The van der Waals surface area contributed by atoms with E-state index in [0.29, 0.717) is 6.04 Å². The smallest absolute Gasteiger partial charge is 0.246 e. The Morgan fingerprint density at radius 1 is 1.73 bits per heavy atom. The number of carbonyl (C=O) groups is 1. The molecule has 11 heavy (non-hydrogen) atoms. The predicted octanol–water partition coefficient (Wildman–Crippen LogP) is 1.57. The summed E-state index contributed by atoms with van der Waals surface area (Å²) in [7, 11) is 0. The number of nitrogens with zero attached hydrogens (tertiary/aromatic N) is 1. The highest BCUT2D eigenvalue weighted by molar-refractivity contribution is 5.87. The molecule has 0 unspecified atom stereocenters. The predicted molar refractivity (Wildman–Crippen MR) is 45.2 cm³/mol. The summed E-state index contributed by atoms with van der Waals surface area (Å²) in [6.07, 6.45) is 4.81. The van der Waals surface area contributed by atoms with Crippen LogP contribution in [0.5, 0.6) is 0 Å². The molecule has 0 aromatic rings. The molecule has 1 aliphatic carbocycles. The second-order valence-corrected chi connectivity index (χ2v) is 2.97. The summed E-state index contributed by atoms with van der Waals surface area (Å²) in [6.45, 7) is 6.46. The van der Waals surface area contributed by atoms with Crippen molar-refractivity contribution >= 4 is 5.91 Å². The minimum Gasteiger partial charge on any atom is -0.336 e. The van der Waals surface area contributed by atoms with Gasteiger partial charge >= 0.3 is 0 Å². The van der Waals surface area contributed by atoms with Crippen LogP contribution < -0.4 is 0 Å². The monoisotopic (exact) mass is 153 g/mol. The summed E-state index contributed by atoms with van der Waals surface area (Å²) in [5.74, 6) is 0.0920. The average Bonchev–Trinajstić information content (AvgIpc) is 2.81. The number of hydrogen-bond donors (Lipinski definition) is 0. The number of hydrogen-bond acceptors (Lipinski definition) is 1. The maximum absolute atomic E-state index is 11.2. The highest BCUT2D eigenvalue weighted by atomic mass is 16.2. The van der Waals surface area contributed by atoms with Gasteiger partial charge in [-0.05, 0) is 25.3 Å². The molecule has 62 valence electrons. The molecule has 1 amide bonds. The van der Waals surface area contributed by atoms with Crippen LogP contribution in [-0.2, 0) is 4.79 Å². The minimum absolute atomic E-state index is 0.0920. The van der Waals surface area contributed by atoms with Crippen molar-refractivity contribution in [3.63, 3.8) is 0 Å². The van der Waals surface area contributed by atoms with E-state index in [9.17, 15) is 4.79 Å². The Kier molecular flexibility index (Phi) is 2.69. The highest BCUT2D eigenvalue weighted by Crippen LogP contribution is 2.26. The van der Waals surface area contributed by atoms with E-state index >= 15 is 0 Å². The van der Waals surface area contributed by atoms with Crippen LogP contribution in [0.1, 0.15) is 26.2 Å². The van der Waals surface area contributed by atoms with E-state index in [4.69, 9.17) is 0 Å². The zero-order chi connectivity index (χ0) is 8.27. The van der Waals surface area contributed by atoms with Gasteiger partial charge in [0.15, 0.2) is 0 Å². The van der Waals surface area contributed by atoms with E-state index in [2.05, 4.69) is 13.5 Å². The molecule has 0 atom stereocenters. The molecule has 0 spiro atoms. The van der Waals surface area contributed by atoms with Gasteiger partial charge in [0.05, 0.1) is 0 Å². The van der Waals surface area contributed by atoms with Crippen LogP contribution in [0.25, 0.3) is 0 Å². The van der Waals surface area contributed by atoms with Gasteiger partial charge in [-0.15, -0.1) is 0 Å². The maximum atomic E-state index is 11.2. The van der Waals surface area contributed by atoms with Crippen LogP contribution in [0, 0.1) is 0 Å². The third-order valence-electron chi connectivity index (χ3n) is 1.91. The van der Waals surface area contributed by atoms with Gasteiger partial charge in [-0.2, -0.15) is 0 Å². The Hall–Kier alpha value is -0.790. The zero-order valence-corrected chi connectivity index (χ0v) is 7.05. The van der Waals surface area contributed by atoms with Crippen molar-refractivity contribution in [2.24, 2.45) is 0 Å². The van der Waals surface area contributed by atoms with Crippen LogP contribution in [0.2, 0.25) is 0 Å². The summed E-state index contributed by atoms with van der Waals surface area (Å²) in [6, 6.07) is 0.528. The molecule has 0 aliphatic heterocycles. The zero-order valence-electron chi connectivity index (χ0n) is 7.05. The Labute approximate surface area is 67.9 Å². The Bertz CT molecular complexity index is 161. The molecule has 1 rings (SSSR count). The summed E-state index contributed by atoms with van der Waals surface area (Å²) in [4.78, 5) is 13.1. The van der Waals surface area contributed by atoms with Gasteiger partial charge in [0.2, 0.25) is 5.91 Å². The minimum atomic E-state index is 0.0920. The topological polar surface area (TPSA) is 20.3 Å². The number of rotatable bonds is 4. The third kappa shape index (κ3) is 2.07. The molecule has 0 heterocycles. The van der Waals surface area contributed by atoms with Crippen LogP contribution in [0.15, 0.2) is 12.7 Å². The lowest BCUT2D eigenvalue weighted by atomic mass is 10.3. The van der Waals surface area contributed by atoms with Crippen LogP contribution in [-0.4, -0.2) is 23.4 Å². The highest BCUT2D eigenvalue weighted by Gasteiger charge is 2.30. The molecule has 0 aromatic carbocycles. The van der Waals surface area contributed by atoms with Crippen molar-refractivity contribution in [1.82, 2.24) is 4.90 Å². The molecule has 0 bridgehead atoms. The first-order valence-corrected chi connectivity index (χ1v) is 4.22. The molecule has 0 N–H and O–H groups in total. The molecular weight excluding hydrogens is 138 g/mol. The maximum Gasteiger partial charge on any atom is 0.246 e. The van der Waals surface area contributed by atoms with Gasteiger partial charge in [-0.1, -0.05) is 13.5 Å². The summed E-state index contributed by atoms with van der Waals surface area (Å²) < 4.78 is 0.